The van der Waals surface area contributed by atoms with Gasteiger partial charge in [-0.3, -0.25) is 0 Å². The number of hydrogen-bond donors (Lipinski definition) is 2. The molecule has 0 amide bonds. The molecule has 2 rings (SSSR count). The van der Waals surface area contributed by atoms with Crippen LogP contribution in [0.25, 0.3) is 0 Å². The van der Waals surface area contributed by atoms with Gasteiger partial charge in [-0.2, -0.15) is 0 Å². The van der Waals surface area contributed by atoms with E-state index in [2.05, 4.69) is 12.2 Å². The molecule has 0 radical (unpaired) electrons. The van der Waals surface area contributed by atoms with Gasteiger partial charge in [0.15, 0.2) is 0 Å². The van der Waals surface area contributed by atoms with Crippen molar-refractivity contribution < 1.29 is 9.50 Å². The first-order valence-electron chi connectivity index (χ1n) is 6.85. The minimum Gasteiger partial charge on any atom is -0.389 e. The molecule has 0 aliphatic heterocycles. The van der Waals surface area contributed by atoms with Gasteiger partial charge in [-0.1, -0.05) is 37.4 Å². The van der Waals surface area contributed by atoms with E-state index in [0.29, 0.717) is 24.0 Å². The van der Waals surface area contributed by atoms with Gasteiger partial charge in [0.1, 0.15) is 5.82 Å². The summed E-state index contributed by atoms with van der Waals surface area (Å²) in [6, 6.07) is 4.40. The minimum atomic E-state index is -0.607. The van der Waals surface area contributed by atoms with Crippen LogP contribution in [0.3, 0.4) is 0 Å². The average Bonchev–Trinajstić information content (AvgIpc) is 2.31. The Labute approximate surface area is 119 Å². The van der Waals surface area contributed by atoms with Gasteiger partial charge in [-0.05, 0) is 36.5 Å². The molecule has 0 aromatic heterocycles. The van der Waals surface area contributed by atoms with Gasteiger partial charge in [0, 0.05) is 18.1 Å². The first-order chi connectivity index (χ1) is 8.98. The lowest BCUT2D eigenvalue weighted by Gasteiger charge is -2.35. The first-order valence-corrected chi connectivity index (χ1v) is 7.23. The lowest BCUT2D eigenvalue weighted by Crippen LogP contribution is -2.43. The van der Waals surface area contributed by atoms with E-state index in [0.717, 1.165) is 24.8 Å². The molecule has 1 aromatic carbocycles. The highest BCUT2D eigenvalue weighted by Gasteiger charge is 2.31. The van der Waals surface area contributed by atoms with Crippen LogP contribution in [0.15, 0.2) is 18.2 Å². The SMILES string of the molecule is CC1CCCC(O)(CNCc2ccc(F)cc2Cl)C1. The van der Waals surface area contributed by atoms with Crippen molar-refractivity contribution in [3.63, 3.8) is 0 Å². The molecule has 0 bridgehead atoms. The van der Waals surface area contributed by atoms with Gasteiger partial charge in [0.25, 0.3) is 0 Å². The molecule has 2 nitrogen and oxygen atoms in total. The summed E-state index contributed by atoms with van der Waals surface area (Å²) in [5.74, 6) is 0.253. The Morgan fingerprint density at radius 1 is 1.53 bits per heavy atom. The van der Waals surface area contributed by atoms with Crippen molar-refractivity contribution in [2.24, 2.45) is 5.92 Å². The van der Waals surface area contributed by atoms with Crippen LogP contribution in [0.2, 0.25) is 5.02 Å². The number of benzene rings is 1. The molecule has 1 fully saturated rings. The number of aliphatic hydroxyl groups is 1. The molecule has 1 aliphatic carbocycles. The van der Waals surface area contributed by atoms with Gasteiger partial charge in [0.05, 0.1) is 5.60 Å². The molecule has 2 N–H and O–H groups in total. The van der Waals surface area contributed by atoms with E-state index >= 15 is 0 Å². The predicted molar refractivity (Wildman–Crippen MR) is 75.7 cm³/mol. The topological polar surface area (TPSA) is 32.3 Å². The maximum atomic E-state index is 12.9. The molecule has 0 saturated heterocycles. The van der Waals surface area contributed by atoms with Crippen LogP contribution < -0.4 is 5.32 Å². The monoisotopic (exact) mass is 285 g/mol. The fourth-order valence-electron chi connectivity index (χ4n) is 2.89. The molecule has 1 aliphatic rings. The zero-order valence-corrected chi connectivity index (χ0v) is 12.0. The van der Waals surface area contributed by atoms with Crippen molar-refractivity contribution in [1.29, 1.82) is 0 Å². The Morgan fingerprint density at radius 2 is 2.32 bits per heavy atom. The number of hydrogen-bond acceptors (Lipinski definition) is 2. The third-order valence-corrected chi connectivity index (χ3v) is 4.20. The summed E-state index contributed by atoms with van der Waals surface area (Å²) in [6.07, 6.45) is 3.97. The highest BCUT2D eigenvalue weighted by Crippen LogP contribution is 2.31. The fraction of sp³-hybridized carbons (Fsp3) is 0.600. The molecule has 0 spiro atoms. The Hall–Kier alpha value is -0.640. The Bertz CT molecular complexity index is 440. The maximum Gasteiger partial charge on any atom is 0.124 e. The molecular weight excluding hydrogens is 265 g/mol. The second kappa shape index (κ2) is 6.21. The van der Waals surface area contributed by atoms with Crippen molar-refractivity contribution in [2.45, 2.75) is 44.8 Å². The van der Waals surface area contributed by atoms with Crippen LogP contribution in [0.5, 0.6) is 0 Å². The maximum absolute atomic E-state index is 12.9. The second-order valence-corrected chi connectivity index (χ2v) is 6.17. The van der Waals surface area contributed by atoms with E-state index in [-0.39, 0.29) is 5.82 Å². The zero-order chi connectivity index (χ0) is 13.9. The normalized spacial score (nSPS) is 27.5. The Balaban J connectivity index is 1.85. The second-order valence-electron chi connectivity index (χ2n) is 5.77. The van der Waals surface area contributed by atoms with Gasteiger partial charge >= 0.3 is 0 Å². The van der Waals surface area contributed by atoms with Crippen molar-refractivity contribution >= 4 is 11.6 Å². The van der Waals surface area contributed by atoms with Crippen molar-refractivity contribution in [2.75, 3.05) is 6.54 Å². The van der Waals surface area contributed by atoms with Crippen LogP contribution in [-0.4, -0.2) is 17.3 Å². The van der Waals surface area contributed by atoms with Crippen LogP contribution in [0.1, 0.15) is 38.2 Å². The van der Waals surface area contributed by atoms with Crippen molar-refractivity contribution in [1.82, 2.24) is 5.32 Å². The van der Waals surface area contributed by atoms with Gasteiger partial charge < -0.3 is 10.4 Å². The summed E-state index contributed by atoms with van der Waals surface area (Å²) >= 11 is 5.97. The van der Waals surface area contributed by atoms with Crippen molar-refractivity contribution in [3.05, 3.63) is 34.6 Å². The average molecular weight is 286 g/mol. The van der Waals surface area contributed by atoms with Crippen LogP contribution in [0, 0.1) is 11.7 Å². The van der Waals surface area contributed by atoms with Gasteiger partial charge in [-0.25, -0.2) is 4.39 Å². The number of nitrogens with one attached hydrogen (secondary N) is 1. The Kier molecular flexibility index (Phi) is 4.82. The fourth-order valence-corrected chi connectivity index (χ4v) is 3.12. The quantitative estimate of drug-likeness (QED) is 0.887. The third-order valence-electron chi connectivity index (χ3n) is 3.85. The lowest BCUT2D eigenvalue weighted by atomic mass is 9.79. The minimum absolute atomic E-state index is 0.325. The molecule has 4 heteroatoms. The molecule has 106 valence electrons. The highest BCUT2D eigenvalue weighted by atomic mass is 35.5. The van der Waals surface area contributed by atoms with Gasteiger partial charge in [-0.15, -0.1) is 0 Å². The van der Waals surface area contributed by atoms with E-state index in [9.17, 15) is 9.50 Å². The standard InChI is InChI=1S/C15H21ClFNO/c1-11-3-2-6-15(19,8-11)10-18-9-12-4-5-13(17)7-14(12)16/h4-5,7,11,18-19H,2-3,6,8-10H2,1H3. The molecule has 0 heterocycles. The molecule has 2 atom stereocenters. The number of rotatable bonds is 4. The predicted octanol–water partition coefficient (Wildman–Crippen LogP) is 3.51. The summed E-state index contributed by atoms with van der Waals surface area (Å²) in [7, 11) is 0. The van der Waals surface area contributed by atoms with Crippen molar-refractivity contribution in [3.8, 4) is 0 Å². The number of halogens is 2. The van der Waals surface area contributed by atoms with E-state index in [4.69, 9.17) is 11.6 Å². The summed E-state index contributed by atoms with van der Waals surface area (Å²) in [5, 5.41) is 14.1. The van der Waals surface area contributed by atoms with E-state index in [1.165, 1.54) is 18.6 Å². The highest BCUT2D eigenvalue weighted by molar-refractivity contribution is 6.31. The lowest BCUT2D eigenvalue weighted by molar-refractivity contribution is -0.0119. The summed E-state index contributed by atoms with van der Waals surface area (Å²) in [5.41, 5.74) is 0.250. The summed E-state index contributed by atoms with van der Waals surface area (Å²) in [6.45, 7) is 3.29. The zero-order valence-electron chi connectivity index (χ0n) is 11.3. The largest absolute Gasteiger partial charge is 0.389 e. The van der Waals surface area contributed by atoms with Crippen LogP contribution in [-0.2, 0) is 6.54 Å². The van der Waals surface area contributed by atoms with E-state index in [1.54, 1.807) is 6.07 Å². The van der Waals surface area contributed by atoms with E-state index < -0.39 is 5.60 Å². The first kappa shape index (κ1) is 14.8. The molecule has 1 aromatic rings. The third kappa shape index (κ3) is 4.16. The molecule has 1 saturated carbocycles. The molecular formula is C15H21ClFNO. The van der Waals surface area contributed by atoms with Crippen LogP contribution in [0.4, 0.5) is 4.39 Å². The smallest absolute Gasteiger partial charge is 0.124 e. The van der Waals surface area contributed by atoms with E-state index in [1.807, 2.05) is 0 Å². The molecule has 19 heavy (non-hydrogen) atoms. The Morgan fingerprint density at radius 3 is 3.00 bits per heavy atom. The molecule has 2 unspecified atom stereocenters. The summed E-state index contributed by atoms with van der Waals surface area (Å²) in [4.78, 5) is 0. The van der Waals surface area contributed by atoms with Gasteiger partial charge in [0.2, 0.25) is 0 Å². The van der Waals surface area contributed by atoms with Crippen LogP contribution >= 0.6 is 11.6 Å². The summed E-state index contributed by atoms with van der Waals surface area (Å²) < 4.78 is 12.9.